The fourth-order valence-electron chi connectivity index (χ4n) is 2.41. The minimum atomic E-state index is -3.60. The second kappa shape index (κ2) is 6.99. The zero-order valence-electron chi connectivity index (χ0n) is 11.8. The zero-order chi connectivity index (χ0) is 14.6. The molecule has 0 bridgehead atoms. The minimum absolute atomic E-state index is 0.236. The lowest BCUT2D eigenvalue weighted by atomic mass is 10.0. The lowest BCUT2D eigenvalue weighted by molar-refractivity contribution is 0.296. The Labute approximate surface area is 123 Å². The summed E-state index contributed by atoms with van der Waals surface area (Å²) in [6, 6.07) is 6.74. The van der Waals surface area contributed by atoms with Gasteiger partial charge < -0.3 is 0 Å². The van der Waals surface area contributed by atoms with Crippen LogP contribution in [-0.4, -0.2) is 32.8 Å². The first-order valence-corrected chi connectivity index (χ1v) is 8.85. The third kappa shape index (κ3) is 4.52. The van der Waals surface area contributed by atoms with E-state index in [0.29, 0.717) is 5.92 Å². The largest absolute Gasteiger partial charge is 0.296 e. The van der Waals surface area contributed by atoms with E-state index in [9.17, 15) is 8.42 Å². The Kier molecular flexibility index (Phi) is 5.56. The molecule has 1 heterocycles. The zero-order valence-corrected chi connectivity index (χ0v) is 13.8. The van der Waals surface area contributed by atoms with Gasteiger partial charge in [0.15, 0.2) is 0 Å². The van der Waals surface area contributed by atoms with Crippen molar-refractivity contribution in [3.05, 3.63) is 29.8 Å². The first kappa shape index (κ1) is 15.9. The van der Waals surface area contributed by atoms with Crippen molar-refractivity contribution >= 4 is 19.5 Å². The number of nitrogens with zero attached hydrogens (tertiary/aromatic N) is 1. The molecule has 6 heteroatoms. The van der Waals surface area contributed by atoms with Crippen LogP contribution in [0.15, 0.2) is 29.2 Å². The van der Waals surface area contributed by atoms with E-state index in [4.69, 9.17) is 4.18 Å². The molecule has 0 saturated carbocycles. The molecule has 2 rings (SSSR count). The van der Waals surface area contributed by atoms with Gasteiger partial charge in [0.05, 0.1) is 11.5 Å². The molecule has 1 aromatic carbocycles. The van der Waals surface area contributed by atoms with Gasteiger partial charge >= 0.3 is 0 Å². The molecule has 0 aliphatic carbocycles. The molecule has 0 amide bonds. The van der Waals surface area contributed by atoms with E-state index in [-0.39, 0.29) is 11.5 Å². The van der Waals surface area contributed by atoms with Crippen molar-refractivity contribution in [2.45, 2.75) is 31.1 Å². The summed E-state index contributed by atoms with van der Waals surface area (Å²) in [5.74, 6) is 0.665. The fourth-order valence-corrected chi connectivity index (χ4v) is 3.80. The number of hydrogen-bond donors (Lipinski definition) is 0. The smallest absolute Gasteiger partial charge is 0.287 e. The van der Waals surface area contributed by atoms with Gasteiger partial charge in [-0.3, -0.25) is 8.85 Å². The standard InChI is InChI=1S/C14H22NO3PS/c1-12-4-6-14(7-5-12)20(16,17)18-10-2-3-13-8-9-15(19)11-13/h4-7,13H,2-3,8-11,19H2,1H3/t13-/m0/s1. The van der Waals surface area contributed by atoms with Gasteiger partial charge in [0, 0.05) is 13.1 Å². The van der Waals surface area contributed by atoms with Gasteiger partial charge in [-0.05, 0) is 44.2 Å². The monoisotopic (exact) mass is 315 g/mol. The van der Waals surface area contributed by atoms with Crippen LogP contribution in [0.2, 0.25) is 0 Å². The third-order valence-corrected chi connectivity index (χ3v) is 5.42. The molecule has 1 fully saturated rings. The van der Waals surface area contributed by atoms with Crippen molar-refractivity contribution in [1.29, 1.82) is 0 Å². The van der Waals surface area contributed by atoms with E-state index < -0.39 is 10.1 Å². The molecular formula is C14H22NO3PS. The summed E-state index contributed by atoms with van der Waals surface area (Å²) in [5, 5.41) is 0. The van der Waals surface area contributed by atoms with Crippen molar-refractivity contribution in [2.75, 3.05) is 19.7 Å². The van der Waals surface area contributed by atoms with Gasteiger partial charge in [-0.1, -0.05) is 27.1 Å². The van der Waals surface area contributed by atoms with Crippen molar-refractivity contribution in [1.82, 2.24) is 4.67 Å². The molecule has 0 aromatic heterocycles. The quantitative estimate of drug-likeness (QED) is 0.460. The predicted octanol–water partition coefficient (Wildman–Crippen LogP) is 2.59. The van der Waals surface area contributed by atoms with E-state index >= 15 is 0 Å². The topological polar surface area (TPSA) is 46.6 Å². The molecule has 20 heavy (non-hydrogen) atoms. The lowest BCUT2D eigenvalue weighted by Crippen LogP contribution is -2.10. The van der Waals surface area contributed by atoms with E-state index in [0.717, 1.165) is 31.5 Å². The minimum Gasteiger partial charge on any atom is -0.287 e. The highest BCUT2D eigenvalue weighted by Gasteiger charge is 2.20. The molecule has 4 nitrogen and oxygen atoms in total. The third-order valence-electron chi connectivity index (χ3n) is 3.62. The van der Waals surface area contributed by atoms with Crippen LogP contribution in [0.25, 0.3) is 0 Å². The maximum Gasteiger partial charge on any atom is 0.296 e. The van der Waals surface area contributed by atoms with Crippen LogP contribution < -0.4 is 0 Å². The number of rotatable bonds is 6. The Morgan fingerprint density at radius 3 is 2.65 bits per heavy atom. The van der Waals surface area contributed by atoms with E-state index in [2.05, 4.69) is 14.1 Å². The van der Waals surface area contributed by atoms with Gasteiger partial charge in [0.25, 0.3) is 10.1 Å². The molecule has 112 valence electrons. The normalized spacial score (nSPS) is 20.4. The molecule has 1 unspecified atom stereocenters. The molecular weight excluding hydrogens is 293 g/mol. The Morgan fingerprint density at radius 2 is 2.05 bits per heavy atom. The molecule has 1 aliphatic rings. The Hall–Kier alpha value is -0.480. The summed E-state index contributed by atoms with van der Waals surface area (Å²) >= 11 is 0. The molecule has 2 atom stereocenters. The Morgan fingerprint density at radius 1 is 1.35 bits per heavy atom. The van der Waals surface area contributed by atoms with Crippen LogP contribution >= 0.6 is 9.39 Å². The van der Waals surface area contributed by atoms with Crippen molar-refractivity contribution < 1.29 is 12.6 Å². The van der Waals surface area contributed by atoms with E-state index in [1.165, 1.54) is 6.42 Å². The number of hydrogen-bond acceptors (Lipinski definition) is 4. The highest BCUT2D eigenvalue weighted by molar-refractivity contribution is 7.86. The maximum atomic E-state index is 12.0. The summed E-state index contributed by atoms with van der Waals surface area (Å²) in [7, 11) is -0.880. The summed E-state index contributed by atoms with van der Waals surface area (Å²) < 4.78 is 31.2. The summed E-state index contributed by atoms with van der Waals surface area (Å²) in [4.78, 5) is 0.236. The summed E-state index contributed by atoms with van der Waals surface area (Å²) in [6.07, 6.45) is 3.00. The molecule has 0 N–H and O–H groups in total. The lowest BCUT2D eigenvalue weighted by Gasteiger charge is -2.10. The molecule has 0 radical (unpaired) electrons. The van der Waals surface area contributed by atoms with Crippen molar-refractivity contribution in [3.63, 3.8) is 0 Å². The van der Waals surface area contributed by atoms with Gasteiger partial charge in [-0.25, -0.2) is 0 Å². The number of aryl methyl sites for hydroxylation is 1. The molecule has 1 aliphatic heterocycles. The van der Waals surface area contributed by atoms with Crippen molar-refractivity contribution in [3.8, 4) is 0 Å². The molecule has 1 aromatic rings. The highest BCUT2D eigenvalue weighted by atomic mass is 32.2. The highest BCUT2D eigenvalue weighted by Crippen LogP contribution is 2.23. The van der Waals surface area contributed by atoms with E-state index in [1.807, 2.05) is 6.92 Å². The van der Waals surface area contributed by atoms with Crippen LogP contribution in [0, 0.1) is 12.8 Å². The fraction of sp³-hybridized carbons (Fsp3) is 0.571. The van der Waals surface area contributed by atoms with Crippen LogP contribution in [0.5, 0.6) is 0 Å². The van der Waals surface area contributed by atoms with Crippen LogP contribution in [-0.2, 0) is 14.3 Å². The predicted molar refractivity (Wildman–Crippen MR) is 82.9 cm³/mol. The van der Waals surface area contributed by atoms with Crippen LogP contribution in [0.3, 0.4) is 0 Å². The number of benzene rings is 1. The van der Waals surface area contributed by atoms with Gasteiger partial charge in [-0.2, -0.15) is 8.42 Å². The van der Waals surface area contributed by atoms with E-state index in [1.54, 1.807) is 24.3 Å². The van der Waals surface area contributed by atoms with Gasteiger partial charge in [-0.15, -0.1) is 0 Å². The second-order valence-electron chi connectivity index (χ2n) is 5.38. The van der Waals surface area contributed by atoms with Gasteiger partial charge in [0.2, 0.25) is 0 Å². The summed E-state index contributed by atoms with van der Waals surface area (Å²) in [6.45, 7) is 4.38. The molecule has 1 saturated heterocycles. The first-order valence-electron chi connectivity index (χ1n) is 6.93. The second-order valence-corrected chi connectivity index (χ2v) is 7.73. The SMILES string of the molecule is Cc1ccc(S(=O)(=O)OCCC[C@H]2CCN(P)C2)cc1. The Balaban J connectivity index is 1.76. The summed E-state index contributed by atoms with van der Waals surface area (Å²) in [5.41, 5.74) is 1.03. The van der Waals surface area contributed by atoms with Crippen LogP contribution in [0.4, 0.5) is 0 Å². The average Bonchev–Trinajstić information content (AvgIpc) is 2.81. The van der Waals surface area contributed by atoms with Gasteiger partial charge in [0.1, 0.15) is 0 Å². The van der Waals surface area contributed by atoms with Crippen molar-refractivity contribution in [2.24, 2.45) is 5.92 Å². The van der Waals surface area contributed by atoms with Crippen LogP contribution in [0.1, 0.15) is 24.8 Å². The average molecular weight is 315 g/mol. The maximum absolute atomic E-state index is 12.0. The molecule has 0 spiro atoms. The Bertz CT molecular complexity index is 530. The first-order chi connectivity index (χ1) is 9.47.